The van der Waals surface area contributed by atoms with Gasteiger partial charge in [-0.15, -0.1) is 12.6 Å². The van der Waals surface area contributed by atoms with Crippen molar-refractivity contribution in [2.75, 3.05) is 0 Å². The first-order chi connectivity index (χ1) is 1.73. The molecular formula is ClNaO3S. The van der Waals surface area contributed by atoms with Crippen LogP contribution in [0, 0.1) is 0 Å². The number of halogens is 1. The van der Waals surface area contributed by atoms with E-state index in [0.29, 0.717) is 0 Å². The van der Waals surface area contributed by atoms with Crippen molar-refractivity contribution >= 4 is 10.6 Å². The minimum Gasteiger partial charge on any atom is -1.00 e. The van der Waals surface area contributed by atoms with E-state index in [9.17, 15) is 0 Å². The van der Waals surface area contributed by atoms with Gasteiger partial charge in [-0.05, 0) is 0 Å². The molecule has 0 aliphatic heterocycles. The van der Waals surface area contributed by atoms with Crippen LogP contribution < -0.4 is 42.0 Å². The van der Waals surface area contributed by atoms with Crippen molar-refractivity contribution in [1.82, 2.24) is 0 Å². The first kappa shape index (κ1) is 15.8. The molecule has 0 atom stereocenters. The Balaban J connectivity index is -0.0000000450. The van der Waals surface area contributed by atoms with Gasteiger partial charge in [-0.1, -0.05) is 0 Å². The molecule has 0 radical (unpaired) electrons. The van der Waals surface area contributed by atoms with Gasteiger partial charge in [-0.25, -0.2) is 0 Å². The second-order valence-corrected chi connectivity index (χ2v) is 0.612. The quantitative estimate of drug-likeness (QED) is 0.313. The zero-order valence-corrected chi connectivity index (χ0v) is 6.58. The van der Waals surface area contributed by atoms with Crippen LogP contribution in [0.4, 0.5) is 0 Å². The molecule has 0 aromatic rings. The minimum atomic E-state index is -3.11. The molecule has 6 heteroatoms. The molecule has 0 amide bonds. The predicted molar refractivity (Wildman–Crippen MR) is 9.70 cm³/mol. The fourth-order valence-corrected chi connectivity index (χ4v) is 0. The first-order valence-corrected chi connectivity index (χ1v) is 1.50. The van der Waals surface area contributed by atoms with Crippen molar-refractivity contribution in [2.45, 2.75) is 0 Å². The summed E-state index contributed by atoms with van der Waals surface area (Å²) < 4.78 is 25.3. The fourth-order valence-electron chi connectivity index (χ4n) is 0. The summed E-state index contributed by atoms with van der Waals surface area (Å²) in [4.78, 5) is 0. The molecule has 0 aromatic heterocycles. The molecule has 0 N–H and O–H groups in total. The molecule has 0 spiro atoms. The molecule has 6 heavy (non-hydrogen) atoms. The summed E-state index contributed by atoms with van der Waals surface area (Å²) in [6.45, 7) is 0. The van der Waals surface area contributed by atoms with Gasteiger partial charge in [0.15, 0.2) is 0 Å². The monoisotopic (exact) mass is 138 g/mol. The second kappa shape index (κ2) is 9.32. The number of rotatable bonds is 0. The van der Waals surface area contributed by atoms with E-state index in [2.05, 4.69) is 0 Å². The van der Waals surface area contributed by atoms with Crippen LogP contribution in [0.3, 0.4) is 0 Å². The molecule has 0 saturated carbocycles. The van der Waals surface area contributed by atoms with Crippen molar-refractivity contribution in [1.29, 1.82) is 0 Å². The van der Waals surface area contributed by atoms with E-state index in [1.807, 2.05) is 0 Å². The molecule has 0 aliphatic rings. The van der Waals surface area contributed by atoms with Crippen molar-refractivity contribution in [3.05, 3.63) is 0 Å². The average molecular weight is 139 g/mol. The Morgan fingerprint density at radius 2 is 1.00 bits per heavy atom. The van der Waals surface area contributed by atoms with Gasteiger partial charge in [-0.2, -0.15) is 0 Å². The van der Waals surface area contributed by atoms with E-state index in [1.165, 1.54) is 0 Å². The van der Waals surface area contributed by atoms with Crippen LogP contribution in [-0.4, -0.2) is 12.6 Å². The SMILES string of the molecule is O=S(=O)=O.[Cl-].[Na+]. The molecule has 0 heterocycles. The summed E-state index contributed by atoms with van der Waals surface area (Å²) in [7, 11) is -3.11. The molecule has 0 aromatic carbocycles. The maximum atomic E-state index is 8.44. The van der Waals surface area contributed by atoms with Crippen molar-refractivity contribution in [3.8, 4) is 0 Å². The van der Waals surface area contributed by atoms with Crippen molar-refractivity contribution < 1.29 is 54.6 Å². The van der Waals surface area contributed by atoms with E-state index >= 15 is 0 Å². The maximum absolute atomic E-state index is 8.44. The number of hydrogen-bond acceptors (Lipinski definition) is 3. The molecule has 0 rings (SSSR count). The van der Waals surface area contributed by atoms with Gasteiger partial charge in [0.1, 0.15) is 0 Å². The third-order valence-electron chi connectivity index (χ3n) is 0. The summed E-state index contributed by atoms with van der Waals surface area (Å²) in [5, 5.41) is 0. The Morgan fingerprint density at radius 1 is 1.00 bits per heavy atom. The predicted octanol–water partition coefficient (Wildman–Crippen LogP) is -7.00. The standard InChI is InChI=1S/ClH.Na.O3S/c;;1-4(2)3/h1H;;/q;+1;/p-1. The van der Waals surface area contributed by atoms with Crippen LogP contribution in [0.25, 0.3) is 0 Å². The van der Waals surface area contributed by atoms with E-state index in [0.717, 1.165) is 0 Å². The third-order valence-corrected chi connectivity index (χ3v) is 0. The van der Waals surface area contributed by atoms with Crippen molar-refractivity contribution in [2.24, 2.45) is 0 Å². The largest absolute Gasteiger partial charge is 1.00 e. The fraction of sp³-hybridized carbons (Fsp3) is 0. The normalized spacial score (nSPS) is 4.00. The zero-order chi connectivity index (χ0) is 3.58. The van der Waals surface area contributed by atoms with E-state index < -0.39 is 10.6 Å². The van der Waals surface area contributed by atoms with Crippen LogP contribution in [0.2, 0.25) is 0 Å². The smallest absolute Gasteiger partial charge is 1.00 e. The zero-order valence-electron chi connectivity index (χ0n) is 3.01. The Kier molecular flexibility index (Phi) is 24.5. The van der Waals surface area contributed by atoms with Gasteiger partial charge in [0, 0.05) is 0 Å². The van der Waals surface area contributed by atoms with Crippen LogP contribution >= 0.6 is 0 Å². The van der Waals surface area contributed by atoms with Gasteiger partial charge >= 0.3 is 40.2 Å². The van der Waals surface area contributed by atoms with Crippen LogP contribution in [0.15, 0.2) is 0 Å². The molecule has 3 nitrogen and oxygen atoms in total. The average Bonchev–Trinajstić information content (AvgIpc) is 0.811. The minimum absolute atomic E-state index is 0. The molecule has 0 fully saturated rings. The summed E-state index contributed by atoms with van der Waals surface area (Å²) >= 11 is 0. The molecule has 0 bridgehead atoms. The Morgan fingerprint density at radius 3 is 1.00 bits per heavy atom. The number of hydrogen-bond donors (Lipinski definition) is 0. The van der Waals surface area contributed by atoms with Gasteiger partial charge in [0.05, 0.1) is 0 Å². The van der Waals surface area contributed by atoms with Crippen LogP contribution in [0.5, 0.6) is 0 Å². The summed E-state index contributed by atoms with van der Waals surface area (Å²) in [6, 6.07) is 0. The van der Waals surface area contributed by atoms with E-state index in [-0.39, 0.29) is 42.0 Å². The van der Waals surface area contributed by atoms with E-state index in [4.69, 9.17) is 12.6 Å². The second-order valence-electron chi connectivity index (χ2n) is 0.204. The van der Waals surface area contributed by atoms with Gasteiger partial charge in [-0.3, -0.25) is 0 Å². The molecule has 0 aliphatic carbocycles. The van der Waals surface area contributed by atoms with Crippen LogP contribution in [0.1, 0.15) is 0 Å². The summed E-state index contributed by atoms with van der Waals surface area (Å²) in [5.74, 6) is 0. The molecule has 32 valence electrons. The topological polar surface area (TPSA) is 51.2 Å². The summed E-state index contributed by atoms with van der Waals surface area (Å²) in [6.07, 6.45) is 0. The maximum Gasteiger partial charge on any atom is 1.00 e. The van der Waals surface area contributed by atoms with Gasteiger partial charge in [0.2, 0.25) is 0 Å². The van der Waals surface area contributed by atoms with Crippen molar-refractivity contribution in [3.63, 3.8) is 0 Å². The Labute approximate surface area is 64.9 Å². The molecule has 0 unspecified atom stereocenters. The third kappa shape index (κ3) is 90.6. The van der Waals surface area contributed by atoms with Gasteiger partial charge in [0.25, 0.3) is 0 Å². The van der Waals surface area contributed by atoms with Gasteiger partial charge < -0.3 is 12.4 Å². The summed E-state index contributed by atoms with van der Waals surface area (Å²) in [5.41, 5.74) is 0. The molecule has 0 saturated heterocycles. The Hall–Kier alpha value is 0.910. The van der Waals surface area contributed by atoms with Crippen LogP contribution in [-0.2, 0) is 10.6 Å². The first-order valence-electron chi connectivity index (χ1n) is 0.500. The Bertz CT molecular complexity index is 80.2. The molecular weight excluding hydrogens is 139 g/mol. The van der Waals surface area contributed by atoms with E-state index in [1.54, 1.807) is 0 Å².